The lowest BCUT2D eigenvalue weighted by atomic mass is 10.2. The molecular formula is C15H19ClF4N4O3. The van der Waals surface area contributed by atoms with Gasteiger partial charge in [0, 0.05) is 12.6 Å². The molecule has 7 nitrogen and oxygen atoms in total. The number of carbonyl (C=O) groups is 2. The average molecular weight is 415 g/mol. The van der Waals surface area contributed by atoms with E-state index in [0.29, 0.717) is 4.68 Å². The van der Waals surface area contributed by atoms with Crippen LogP contribution in [-0.2, 0) is 16.1 Å². The molecule has 12 heteroatoms. The lowest BCUT2D eigenvalue weighted by Crippen LogP contribution is -2.45. The molecule has 27 heavy (non-hydrogen) atoms. The summed E-state index contributed by atoms with van der Waals surface area (Å²) in [7, 11) is 0. The SMILES string of the molecule is CC(C)(C)OC(=O)N1C[C@H](F)C[C@H]1C(=O)Nc1nn(CC(F)(F)F)cc1Cl. The van der Waals surface area contributed by atoms with E-state index in [2.05, 4.69) is 10.4 Å². The van der Waals surface area contributed by atoms with Gasteiger partial charge in [-0.15, -0.1) is 0 Å². The molecular weight excluding hydrogens is 396 g/mol. The second kappa shape index (κ2) is 7.53. The van der Waals surface area contributed by atoms with Gasteiger partial charge in [0.05, 0.1) is 6.54 Å². The summed E-state index contributed by atoms with van der Waals surface area (Å²) in [4.78, 5) is 25.6. The Kier molecular flexibility index (Phi) is 5.93. The largest absolute Gasteiger partial charge is 0.444 e. The van der Waals surface area contributed by atoms with E-state index in [1.54, 1.807) is 20.8 Å². The van der Waals surface area contributed by atoms with Gasteiger partial charge < -0.3 is 10.1 Å². The predicted octanol–water partition coefficient (Wildman–Crippen LogP) is 3.38. The zero-order chi connectivity index (χ0) is 20.6. The highest BCUT2D eigenvalue weighted by Crippen LogP contribution is 2.27. The molecule has 152 valence electrons. The van der Waals surface area contributed by atoms with E-state index in [1.807, 2.05) is 0 Å². The minimum Gasteiger partial charge on any atom is -0.444 e. The summed E-state index contributed by atoms with van der Waals surface area (Å²) in [6.45, 7) is 3.15. The van der Waals surface area contributed by atoms with Gasteiger partial charge in [0.25, 0.3) is 0 Å². The number of hydrogen-bond acceptors (Lipinski definition) is 4. The number of anilines is 1. The van der Waals surface area contributed by atoms with Crippen molar-refractivity contribution in [2.75, 3.05) is 11.9 Å². The summed E-state index contributed by atoms with van der Waals surface area (Å²) >= 11 is 5.79. The highest BCUT2D eigenvalue weighted by atomic mass is 35.5. The summed E-state index contributed by atoms with van der Waals surface area (Å²) in [6, 6.07) is -1.20. The minimum absolute atomic E-state index is 0.216. The first-order chi connectivity index (χ1) is 12.2. The van der Waals surface area contributed by atoms with Crippen molar-refractivity contribution in [3.05, 3.63) is 11.2 Å². The Morgan fingerprint density at radius 3 is 2.56 bits per heavy atom. The van der Waals surface area contributed by atoms with Gasteiger partial charge >= 0.3 is 12.3 Å². The molecule has 2 amide bonds. The minimum atomic E-state index is -4.52. The normalized spacial score (nSPS) is 20.7. The van der Waals surface area contributed by atoms with Crippen molar-refractivity contribution in [2.45, 2.75) is 57.7 Å². The first-order valence-electron chi connectivity index (χ1n) is 7.99. The number of halogens is 5. The number of aromatic nitrogens is 2. The zero-order valence-electron chi connectivity index (χ0n) is 14.8. The fraction of sp³-hybridized carbons (Fsp3) is 0.667. The maximum absolute atomic E-state index is 13.8. The van der Waals surface area contributed by atoms with E-state index >= 15 is 0 Å². The van der Waals surface area contributed by atoms with Crippen LogP contribution >= 0.6 is 11.6 Å². The van der Waals surface area contributed by atoms with Gasteiger partial charge in [-0.1, -0.05) is 11.6 Å². The Morgan fingerprint density at radius 1 is 1.37 bits per heavy atom. The number of likely N-dealkylation sites (tertiary alicyclic amines) is 1. The summed E-state index contributed by atoms with van der Waals surface area (Å²) < 4.78 is 56.7. The van der Waals surface area contributed by atoms with Crippen LogP contribution in [0.1, 0.15) is 27.2 Å². The van der Waals surface area contributed by atoms with Gasteiger partial charge in [-0.25, -0.2) is 9.18 Å². The van der Waals surface area contributed by atoms with Crippen LogP contribution in [0, 0.1) is 0 Å². The topological polar surface area (TPSA) is 76.5 Å². The van der Waals surface area contributed by atoms with E-state index in [0.717, 1.165) is 11.1 Å². The van der Waals surface area contributed by atoms with Crippen molar-refractivity contribution in [1.82, 2.24) is 14.7 Å². The highest BCUT2D eigenvalue weighted by Gasteiger charge is 2.42. The van der Waals surface area contributed by atoms with Crippen LogP contribution < -0.4 is 5.32 Å². The van der Waals surface area contributed by atoms with Crippen LogP contribution in [0.25, 0.3) is 0 Å². The summed E-state index contributed by atoms with van der Waals surface area (Å²) in [5.41, 5.74) is -0.841. The number of alkyl halides is 4. The third-order valence-electron chi connectivity index (χ3n) is 3.48. The fourth-order valence-corrected chi connectivity index (χ4v) is 2.70. The van der Waals surface area contributed by atoms with Gasteiger partial charge in [-0.05, 0) is 20.8 Å². The fourth-order valence-electron chi connectivity index (χ4n) is 2.50. The molecule has 1 fully saturated rings. The third-order valence-corrected chi connectivity index (χ3v) is 3.76. The molecule has 2 heterocycles. The number of hydrogen-bond donors (Lipinski definition) is 1. The molecule has 1 aliphatic heterocycles. The Balaban J connectivity index is 2.11. The molecule has 1 aromatic rings. The number of carbonyl (C=O) groups excluding carboxylic acids is 2. The molecule has 2 rings (SSSR count). The number of amides is 2. The molecule has 1 aromatic heterocycles. The smallest absolute Gasteiger partial charge is 0.411 e. The van der Waals surface area contributed by atoms with Crippen molar-refractivity contribution < 1.29 is 31.9 Å². The van der Waals surface area contributed by atoms with Crippen molar-refractivity contribution in [3.63, 3.8) is 0 Å². The van der Waals surface area contributed by atoms with Crippen molar-refractivity contribution >= 4 is 29.4 Å². The molecule has 1 N–H and O–H groups in total. The maximum Gasteiger partial charge on any atom is 0.411 e. The quantitative estimate of drug-likeness (QED) is 0.769. The molecule has 0 spiro atoms. The van der Waals surface area contributed by atoms with Crippen LogP contribution in [0.2, 0.25) is 5.02 Å². The summed E-state index contributed by atoms with van der Waals surface area (Å²) in [6.07, 6.45) is -6.19. The van der Waals surface area contributed by atoms with E-state index in [9.17, 15) is 27.2 Å². The number of rotatable bonds is 3. The third kappa shape index (κ3) is 5.98. The molecule has 0 aliphatic carbocycles. The Labute approximate surface area is 157 Å². The molecule has 0 unspecified atom stereocenters. The van der Waals surface area contributed by atoms with Crippen LogP contribution in [-0.4, -0.2) is 57.2 Å². The Bertz CT molecular complexity index is 717. The molecule has 0 saturated carbocycles. The number of nitrogens with one attached hydrogen (secondary N) is 1. The first kappa shape index (κ1) is 21.3. The standard InChI is InChI=1S/C15H19ClF4N4O3/c1-14(2,3)27-13(26)24-5-8(17)4-10(24)12(25)21-11-9(16)6-23(22-11)7-15(18,19)20/h6,8,10H,4-5,7H2,1-3H3,(H,21,22,25)/t8-,10+/m1/s1. The van der Waals surface area contributed by atoms with Gasteiger partial charge in [0.2, 0.25) is 5.91 Å². The van der Waals surface area contributed by atoms with Crippen LogP contribution in [0.5, 0.6) is 0 Å². The molecule has 0 radical (unpaired) electrons. The van der Waals surface area contributed by atoms with Gasteiger partial charge in [-0.3, -0.25) is 14.4 Å². The second-order valence-electron chi connectivity index (χ2n) is 7.11. The molecule has 2 atom stereocenters. The van der Waals surface area contributed by atoms with E-state index < -0.39 is 42.5 Å². The zero-order valence-corrected chi connectivity index (χ0v) is 15.6. The number of ether oxygens (including phenoxy) is 1. The predicted molar refractivity (Wildman–Crippen MR) is 88.2 cm³/mol. The molecule has 0 bridgehead atoms. The second-order valence-corrected chi connectivity index (χ2v) is 7.52. The Morgan fingerprint density at radius 2 is 2.00 bits per heavy atom. The number of nitrogens with zero attached hydrogens (tertiary/aromatic N) is 3. The highest BCUT2D eigenvalue weighted by molar-refractivity contribution is 6.33. The average Bonchev–Trinajstić information content (AvgIpc) is 2.99. The van der Waals surface area contributed by atoms with Crippen molar-refractivity contribution in [2.24, 2.45) is 0 Å². The lowest BCUT2D eigenvalue weighted by Gasteiger charge is -2.27. The molecule has 0 aromatic carbocycles. The first-order valence-corrected chi connectivity index (χ1v) is 8.37. The van der Waals surface area contributed by atoms with Crippen molar-refractivity contribution in [3.8, 4) is 0 Å². The van der Waals surface area contributed by atoms with Crippen LogP contribution in [0.15, 0.2) is 6.20 Å². The Hall–Kier alpha value is -2.04. The van der Waals surface area contributed by atoms with Crippen LogP contribution in [0.3, 0.4) is 0 Å². The van der Waals surface area contributed by atoms with E-state index in [4.69, 9.17) is 16.3 Å². The van der Waals surface area contributed by atoms with E-state index in [1.165, 1.54) is 0 Å². The van der Waals surface area contributed by atoms with E-state index in [-0.39, 0.29) is 23.8 Å². The van der Waals surface area contributed by atoms with Crippen molar-refractivity contribution in [1.29, 1.82) is 0 Å². The summed E-state index contributed by atoms with van der Waals surface area (Å²) in [5, 5.41) is 5.58. The lowest BCUT2D eigenvalue weighted by molar-refractivity contribution is -0.142. The van der Waals surface area contributed by atoms with Gasteiger partial charge in [0.15, 0.2) is 5.82 Å². The van der Waals surface area contributed by atoms with Gasteiger partial charge in [-0.2, -0.15) is 18.3 Å². The van der Waals surface area contributed by atoms with Gasteiger partial charge in [0.1, 0.15) is 29.4 Å². The molecule has 1 aliphatic rings. The summed E-state index contributed by atoms with van der Waals surface area (Å²) in [5.74, 6) is -1.13. The monoisotopic (exact) mass is 414 g/mol. The van der Waals surface area contributed by atoms with Crippen LogP contribution in [0.4, 0.5) is 28.2 Å². The molecule has 1 saturated heterocycles. The maximum atomic E-state index is 13.8.